The van der Waals surface area contributed by atoms with E-state index in [0.717, 1.165) is 5.56 Å². The highest BCUT2D eigenvalue weighted by molar-refractivity contribution is 6.02. The second kappa shape index (κ2) is 8.09. The Hall–Kier alpha value is -4.14. The van der Waals surface area contributed by atoms with Gasteiger partial charge in [0.15, 0.2) is 17.2 Å². The van der Waals surface area contributed by atoms with E-state index < -0.39 is 11.6 Å². The Morgan fingerprint density at radius 2 is 1.73 bits per heavy atom. The standard InChI is InChI=1S/C24H25N5O4/c1-24(2,3)13-6-8-14(9-7-13)29-22-19(27-23(29)31)18(20(25)30)26-21(28-22)16-11-10-15(32-4)12-17(16)33-5/h6-12H,1-5H3,(H2,25,30)(H,27,31). The minimum atomic E-state index is -0.785. The second-order valence-electron chi connectivity index (χ2n) is 8.59. The van der Waals surface area contributed by atoms with E-state index in [1.54, 1.807) is 25.3 Å². The SMILES string of the molecule is COc1ccc(-c2nc(C(N)=O)c3[nH]c(=O)n(-c4ccc(C(C)(C)C)cc4)c3n2)c(OC)c1. The Kier molecular flexibility index (Phi) is 5.41. The van der Waals surface area contributed by atoms with Gasteiger partial charge in [-0.15, -0.1) is 0 Å². The first-order chi connectivity index (χ1) is 15.6. The van der Waals surface area contributed by atoms with Gasteiger partial charge in [0.2, 0.25) is 0 Å². The fourth-order valence-corrected chi connectivity index (χ4v) is 3.62. The van der Waals surface area contributed by atoms with Crippen LogP contribution in [-0.2, 0) is 5.41 Å². The summed E-state index contributed by atoms with van der Waals surface area (Å²) in [5.74, 6) is 0.440. The number of nitrogens with two attached hydrogens (primary N) is 1. The predicted octanol–water partition coefficient (Wildman–Crippen LogP) is 3.19. The van der Waals surface area contributed by atoms with Gasteiger partial charge in [-0.05, 0) is 35.2 Å². The Morgan fingerprint density at radius 1 is 1.03 bits per heavy atom. The number of primary amides is 1. The molecule has 2 aromatic heterocycles. The Balaban J connectivity index is 1.98. The molecule has 33 heavy (non-hydrogen) atoms. The number of hydrogen-bond donors (Lipinski definition) is 2. The molecule has 0 bridgehead atoms. The number of amides is 1. The molecule has 3 N–H and O–H groups in total. The van der Waals surface area contributed by atoms with Crippen LogP contribution in [0.15, 0.2) is 47.3 Å². The lowest BCUT2D eigenvalue weighted by molar-refractivity contribution is 0.0997. The third-order valence-corrected chi connectivity index (χ3v) is 5.41. The number of H-pyrrole nitrogens is 1. The van der Waals surface area contributed by atoms with Gasteiger partial charge in [-0.3, -0.25) is 4.79 Å². The van der Waals surface area contributed by atoms with Crippen LogP contribution >= 0.6 is 0 Å². The van der Waals surface area contributed by atoms with Crippen LogP contribution in [0.2, 0.25) is 0 Å². The number of nitrogens with one attached hydrogen (secondary N) is 1. The molecule has 9 heteroatoms. The van der Waals surface area contributed by atoms with Crippen molar-refractivity contribution >= 4 is 17.1 Å². The van der Waals surface area contributed by atoms with Crippen LogP contribution in [0, 0.1) is 0 Å². The Labute approximate surface area is 190 Å². The number of carbonyl (C=O) groups is 1. The molecule has 0 fully saturated rings. The number of methoxy groups -OCH3 is 2. The van der Waals surface area contributed by atoms with Gasteiger partial charge in [-0.1, -0.05) is 32.9 Å². The highest BCUT2D eigenvalue weighted by atomic mass is 16.5. The molecule has 2 heterocycles. The number of aromatic amines is 1. The fraction of sp³-hybridized carbons (Fsp3) is 0.250. The van der Waals surface area contributed by atoms with Crippen molar-refractivity contribution in [3.63, 3.8) is 0 Å². The highest BCUT2D eigenvalue weighted by Crippen LogP contribution is 2.32. The monoisotopic (exact) mass is 447 g/mol. The largest absolute Gasteiger partial charge is 0.497 e. The molecule has 0 saturated heterocycles. The second-order valence-corrected chi connectivity index (χ2v) is 8.59. The third-order valence-electron chi connectivity index (χ3n) is 5.41. The summed E-state index contributed by atoms with van der Waals surface area (Å²) in [6.07, 6.45) is 0. The van der Waals surface area contributed by atoms with Crippen LogP contribution in [-0.4, -0.2) is 39.6 Å². The van der Waals surface area contributed by atoms with E-state index in [2.05, 4.69) is 35.7 Å². The molecule has 0 unspecified atom stereocenters. The average molecular weight is 447 g/mol. The van der Waals surface area contributed by atoms with E-state index >= 15 is 0 Å². The maximum absolute atomic E-state index is 12.9. The molecule has 2 aromatic carbocycles. The van der Waals surface area contributed by atoms with Gasteiger partial charge < -0.3 is 20.2 Å². The molecule has 0 aliphatic rings. The molecule has 1 amide bonds. The zero-order chi connectivity index (χ0) is 23.9. The minimum Gasteiger partial charge on any atom is -0.497 e. The zero-order valence-electron chi connectivity index (χ0n) is 19.1. The number of benzene rings is 2. The molecule has 0 spiro atoms. The van der Waals surface area contributed by atoms with Gasteiger partial charge in [-0.25, -0.2) is 19.3 Å². The van der Waals surface area contributed by atoms with E-state index in [0.29, 0.717) is 22.7 Å². The van der Waals surface area contributed by atoms with Crippen molar-refractivity contribution in [3.05, 3.63) is 64.2 Å². The number of hydrogen-bond acceptors (Lipinski definition) is 6. The van der Waals surface area contributed by atoms with Crippen LogP contribution in [0.1, 0.15) is 36.8 Å². The lowest BCUT2D eigenvalue weighted by Gasteiger charge is -2.19. The summed E-state index contributed by atoms with van der Waals surface area (Å²) < 4.78 is 12.1. The van der Waals surface area contributed by atoms with Crippen molar-refractivity contribution in [1.82, 2.24) is 19.5 Å². The fourth-order valence-electron chi connectivity index (χ4n) is 3.62. The summed E-state index contributed by atoms with van der Waals surface area (Å²) in [5.41, 5.74) is 7.66. The molecule has 4 aromatic rings. The van der Waals surface area contributed by atoms with Crippen LogP contribution in [0.5, 0.6) is 11.5 Å². The molecule has 4 rings (SSSR count). The normalized spacial score (nSPS) is 11.5. The number of rotatable bonds is 5. The molecular weight excluding hydrogens is 422 g/mol. The Morgan fingerprint density at radius 3 is 2.30 bits per heavy atom. The van der Waals surface area contributed by atoms with Gasteiger partial charge in [0.25, 0.3) is 5.91 Å². The van der Waals surface area contributed by atoms with Crippen molar-refractivity contribution < 1.29 is 14.3 Å². The maximum Gasteiger partial charge on any atom is 0.332 e. The third kappa shape index (κ3) is 3.93. The van der Waals surface area contributed by atoms with E-state index in [1.807, 2.05) is 24.3 Å². The van der Waals surface area contributed by atoms with Crippen LogP contribution in [0.3, 0.4) is 0 Å². The molecule has 0 radical (unpaired) electrons. The molecule has 0 atom stereocenters. The maximum atomic E-state index is 12.9. The zero-order valence-corrected chi connectivity index (χ0v) is 19.1. The summed E-state index contributed by atoms with van der Waals surface area (Å²) in [5, 5.41) is 0. The lowest BCUT2D eigenvalue weighted by Crippen LogP contribution is -2.16. The smallest absolute Gasteiger partial charge is 0.332 e. The molecule has 9 nitrogen and oxygen atoms in total. The summed E-state index contributed by atoms with van der Waals surface area (Å²) in [6.45, 7) is 6.34. The number of imidazole rings is 1. The van der Waals surface area contributed by atoms with Gasteiger partial charge in [0.1, 0.15) is 17.0 Å². The summed E-state index contributed by atoms with van der Waals surface area (Å²) >= 11 is 0. The quantitative estimate of drug-likeness (QED) is 0.484. The molecule has 170 valence electrons. The molecule has 0 aliphatic carbocycles. The number of aromatic nitrogens is 4. The first-order valence-corrected chi connectivity index (χ1v) is 10.3. The van der Waals surface area contributed by atoms with Crippen LogP contribution in [0.4, 0.5) is 0 Å². The average Bonchev–Trinajstić information content (AvgIpc) is 3.12. The molecular formula is C24H25N5O4. The van der Waals surface area contributed by atoms with E-state index in [9.17, 15) is 9.59 Å². The van der Waals surface area contributed by atoms with E-state index in [1.165, 1.54) is 11.7 Å². The lowest BCUT2D eigenvalue weighted by atomic mass is 9.87. The van der Waals surface area contributed by atoms with Crippen LogP contribution in [0.25, 0.3) is 28.2 Å². The summed E-state index contributed by atoms with van der Waals surface area (Å²) in [6, 6.07) is 12.7. The van der Waals surface area contributed by atoms with Crippen molar-refractivity contribution in [2.75, 3.05) is 14.2 Å². The minimum absolute atomic E-state index is 0.0386. The molecule has 0 aliphatic heterocycles. The predicted molar refractivity (Wildman–Crippen MR) is 125 cm³/mol. The summed E-state index contributed by atoms with van der Waals surface area (Å²) in [4.78, 5) is 36.7. The van der Waals surface area contributed by atoms with E-state index in [-0.39, 0.29) is 28.1 Å². The summed E-state index contributed by atoms with van der Waals surface area (Å²) in [7, 11) is 3.06. The topological polar surface area (TPSA) is 125 Å². The van der Waals surface area contributed by atoms with Crippen LogP contribution < -0.4 is 20.9 Å². The molecule has 0 saturated carbocycles. The van der Waals surface area contributed by atoms with Gasteiger partial charge in [0.05, 0.1) is 25.5 Å². The number of carbonyl (C=O) groups excluding carboxylic acids is 1. The van der Waals surface area contributed by atoms with Gasteiger partial charge in [0, 0.05) is 6.07 Å². The number of fused-ring (bicyclic) bond motifs is 1. The first-order valence-electron chi connectivity index (χ1n) is 10.3. The van der Waals surface area contributed by atoms with Gasteiger partial charge >= 0.3 is 5.69 Å². The van der Waals surface area contributed by atoms with Crippen molar-refractivity contribution in [2.45, 2.75) is 26.2 Å². The number of nitrogens with zero attached hydrogens (tertiary/aromatic N) is 3. The van der Waals surface area contributed by atoms with Crippen molar-refractivity contribution in [3.8, 4) is 28.6 Å². The van der Waals surface area contributed by atoms with E-state index in [4.69, 9.17) is 15.2 Å². The van der Waals surface area contributed by atoms with Crippen molar-refractivity contribution in [1.29, 1.82) is 0 Å². The highest BCUT2D eigenvalue weighted by Gasteiger charge is 2.22. The van der Waals surface area contributed by atoms with Gasteiger partial charge in [-0.2, -0.15) is 0 Å². The van der Waals surface area contributed by atoms with Crippen molar-refractivity contribution in [2.24, 2.45) is 5.73 Å². The number of ether oxygens (including phenoxy) is 2. The first kappa shape index (κ1) is 22.1. The Bertz CT molecular complexity index is 1410.